The van der Waals surface area contributed by atoms with E-state index in [0.717, 1.165) is 10.8 Å². The number of rotatable bonds is 2. The third kappa shape index (κ3) is 1.52. The highest BCUT2D eigenvalue weighted by molar-refractivity contribution is 7.98. The quantitative estimate of drug-likeness (QED) is 0.517. The zero-order valence-electron chi connectivity index (χ0n) is 10.7. The molecule has 3 heterocycles. The van der Waals surface area contributed by atoms with E-state index in [1.807, 2.05) is 24.7 Å². The number of pyridine rings is 1. The van der Waals surface area contributed by atoms with Gasteiger partial charge in [0, 0.05) is 17.8 Å². The molecule has 0 saturated heterocycles. The topological polar surface area (TPSA) is 30.2 Å². The van der Waals surface area contributed by atoms with Crippen molar-refractivity contribution in [2.24, 2.45) is 0 Å². The maximum absolute atomic E-state index is 4.53. The van der Waals surface area contributed by atoms with Gasteiger partial charge in [-0.25, -0.2) is 9.97 Å². The molecule has 4 heteroatoms. The fourth-order valence-corrected chi connectivity index (χ4v) is 3.03. The van der Waals surface area contributed by atoms with Gasteiger partial charge in [-0.1, -0.05) is 25.6 Å². The van der Waals surface area contributed by atoms with Crippen LogP contribution in [0.1, 0.15) is 25.3 Å². The minimum absolute atomic E-state index is 0.471. The summed E-state index contributed by atoms with van der Waals surface area (Å²) < 4.78 is 2.16. The van der Waals surface area contributed by atoms with Crippen molar-refractivity contribution in [2.45, 2.75) is 24.9 Å². The number of thioether (sulfide) groups is 1. The lowest BCUT2D eigenvalue weighted by Gasteiger charge is -2.05. The Balaban J connectivity index is 2.58. The Hall–Kier alpha value is -1.55. The van der Waals surface area contributed by atoms with E-state index in [1.165, 1.54) is 16.5 Å². The number of fused-ring (bicyclic) bond motifs is 3. The first-order valence-electron chi connectivity index (χ1n) is 6.02. The summed E-state index contributed by atoms with van der Waals surface area (Å²) in [5.41, 5.74) is 3.59. The van der Waals surface area contributed by atoms with Crippen LogP contribution in [0.15, 0.2) is 35.7 Å². The van der Waals surface area contributed by atoms with Crippen molar-refractivity contribution < 1.29 is 0 Å². The minimum atomic E-state index is 0.471. The summed E-state index contributed by atoms with van der Waals surface area (Å²) in [5, 5.41) is 2.22. The van der Waals surface area contributed by atoms with Gasteiger partial charge in [-0.2, -0.15) is 0 Å². The number of hydrogen-bond donors (Lipinski definition) is 0. The van der Waals surface area contributed by atoms with Gasteiger partial charge in [0.25, 0.3) is 0 Å². The Morgan fingerprint density at radius 3 is 2.72 bits per heavy atom. The van der Waals surface area contributed by atoms with Gasteiger partial charge in [0.1, 0.15) is 5.65 Å². The highest BCUT2D eigenvalue weighted by atomic mass is 32.2. The molecule has 0 fully saturated rings. The van der Waals surface area contributed by atoms with Crippen molar-refractivity contribution in [1.82, 2.24) is 14.4 Å². The van der Waals surface area contributed by atoms with E-state index in [9.17, 15) is 0 Å². The summed E-state index contributed by atoms with van der Waals surface area (Å²) in [6, 6.07) is 6.23. The molecule has 3 aromatic rings. The van der Waals surface area contributed by atoms with Crippen molar-refractivity contribution in [2.75, 3.05) is 6.26 Å². The minimum Gasteiger partial charge on any atom is -0.273 e. The first kappa shape index (κ1) is 11.5. The van der Waals surface area contributed by atoms with Crippen LogP contribution >= 0.6 is 11.8 Å². The Kier molecular flexibility index (Phi) is 2.74. The molecule has 0 spiro atoms. The molecule has 0 unspecified atom stereocenters. The third-order valence-corrected chi connectivity index (χ3v) is 3.83. The predicted octanol–water partition coefficient (Wildman–Crippen LogP) is 3.73. The molecule has 0 aliphatic heterocycles. The van der Waals surface area contributed by atoms with Crippen molar-refractivity contribution in [3.63, 3.8) is 0 Å². The summed E-state index contributed by atoms with van der Waals surface area (Å²) in [5.74, 6) is 0.471. The van der Waals surface area contributed by atoms with Crippen LogP contribution in [0, 0.1) is 0 Å². The van der Waals surface area contributed by atoms with E-state index in [1.54, 1.807) is 11.8 Å². The lowest BCUT2D eigenvalue weighted by molar-refractivity contribution is 0.870. The maximum Gasteiger partial charge on any atom is 0.173 e. The maximum atomic E-state index is 4.53. The van der Waals surface area contributed by atoms with Crippen LogP contribution in [-0.2, 0) is 0 Å². The Morgan fingerprint density at radius 1 is 1.17 bits per heavy atom. The average molecular weight is 257 g/mol. The molecule has 0 N–H and O–H groups in total. The molecule has 0 bridgehead atoms. The van der Waals surface area contributed by atoms with Crippen LogP contribution in [0.25, 0.3) is 16.6 Å². The molecule has 3 rings (SSSR count). The van der Waals surface area contributed by atoms with Crippen LogP contribution < -0.4 is 0 Å². The first-order valence-corrected chi connectivity index (χ1v) is 7.24. The van der Waals surface area contributed by atoms with Crippen LogP contribution in [-0.4, -0.2) is 20.6 Å². The second kappa shape index (κ2) is 4.28. The molecule has 18 heavy (non-hydrogen) atoms. The monoisotopic (exact) mass is 257 g/mol. The number of nitrogens with zero attached hydrogens (tertiary/aromatic N) is 3. The SMILES string of the molecule is CSc1nccc2c(C(C)C)c3cccnc3n12. The lowest BCUT2D eigenvalue weighted by atomic mass is 10.0. The van der Waals surface area contributed by atoms with Gasteiger partial charge in [-0.05, 0) is 35.9 Å². The molecule has 3 aromatic heterocycles. The van der Waals surface area contributed by atoms with Crippen LogP contribution in [0.4, 0.5) is 0 Å². The van der Waals surface area contributed by atoms with Gasteiger partial charge in [0.05, 0.1) is 5.52 Å². The van der Waals surface area contributed by atoms with Gasteiger partial charge in [0.15, 0.2) is 5.16 Å². The Morgan fingerprint density at radius 2 is 2.00 bits per heavy atom. The molecular weight excluding hydrogens is 242 g/mol. The first-order chi connectivity index (χ1) is 8.74. The number of hydrogen-bond acceptors (Lipinski definition) is 3. The van der Waals surface area contributed by atoms with E-state index >= 15 is 0 Å². The average Bonchev–Trinajstić information content (AvgIpc) is 2.73. The van der Waals surface area contributed by atoms with Gasteiger partial charge < -0.3 is 0 Å². The molecule has 0 amide bonds. The summed E-state index contributed by atoms with van der Waals surface area (Å²) in [6.45, 7) is 4.45. The van der Waals surface area contributed by atoms with Crippen molar-refractivity contribution >= 4 is 28.3 Å². The largest absolute Gasteiger partial charge is 0.273 e. The van der Waals surface area contributed by atoms with Crippen molar-refractivity contribution in [1.29, 1.82) is 0 Å². The van der Waals surface area contributed by atoms with Crippen LogP contribution in [0.2, 0.25) is 0 Å². The molecule has 0 aromatic carbocycles. The van der Waals surface area contributed by atoms with Gasteiger partial charge in [-0.15, -0.1) is 0 Å². The predicted molar refractivity (Wildman–Crippen MR) is 76.4 cm³/mol. The summed E-state index contributed by atoms with van der Waals surface area (Å²) in [7, 11) is 0. The summed E-state index contributed by atoms with van der Waals surface area (Å²) in [4.78, 5) is 8.96. The Bertz CT molecular complexity index is 715. The molecule has 0 atom stereocenters. The highest BCUT2D eigenvalue weighted by Crippen LogP contribution is 2.33. The fourth-order valence-electron chi connectivity index (χ4n) is 2.50. The Labute approximate surface area is 110 Å². The van der Waals surface area contributed by atoms with Gasteiger partial charge in [0.2, 0.25) is 0 Å². The van der Waals surface area contributed by atoms with E-state index < -0.39 is 0 Å². The van der Waals surface area contributed by atoms with Crippen molar-refractivity contribution in [3.8, 4) is 0 Å². The van der Waals surface area contributed by atoms with Gasteiger partial charge in [-0.3, -0.25) is 4.40 Å². The zero-order valence-corrected chi connectivity index (χ0v) is 11.5. The molecular formula is C14H15N3S. The second-order valence-corrected chi connectivity index (χ2v) is 5.37. The molecule has 3 nitrogen and oxygen atoms in total. The summed E-state index contributed by atoms with van der Waals surface area (Å²) in [6.07, 6.45) is 5.77. The standard InChI is InChI=1S/C14H15N3S/c1-9(2)12-10-5-4-7-15-13(10)17-11(12)6-8-16-14(17)18-3/h4-9H,1-3H3. The van der Waals surface area contributed by atoms with Crippen LogP contribution in [0.3, 0.4) is 0 Å². The normalized spacial score (nSPS) is 11.8. The van der Waals surface area contributed by atoms with E-state index in [2.05, 4.69) is 40.3 Å². The molecule has 92 valence electrons. The highest BCUT2D eigenvalue weighted by Gasteiger charge is 2.16. The second-order valence-electron chi connectivity index (χ2n) is 4.60. The molecule has 0 radical (unpaired) electrons. The van der Waals surface area contributed by atoms with E-state index in [4.69, 9.17) is 0 Å². The molecule has 0 aliphatic carbocycles. The lowest BCUT2D eigenvalue weighted by Crippen LogP contribution is -1.94. The van der Waals surface area contributed by atoms with Gasteiger partial charge >= 0.3 is 0 Å². The molecule has 0 aliphatic rings. The van der Waals surface area contributed by atoms with E-state index in [0.29, 0.717) is 5.92 Å². The molecule has 0 saturated carbocycles. The summed E-state index contributed by atoms with van der Waals surface area (Å²) >= 11 is 1.65. The number of aromatic nitrogens is 3. The fraction of sp³-hybridized carbons (Fsp3) is 0.286. The van der Waals surface area contributed by atoms with E-state index in [-0.39, 0.29) is 0 Å². The zero-order chi connectivity index (χ0) is 12.7. The smallest absolute Gasteiger partial charge is 0.173 e. The van der Waals surface area contributed by atoms with Crippen LogP contribution in [0.5, 0.6) is 0 Å². The van der Waals surface area contributed by atoms with Crippen molar-refractivity contribution in [3.05, 3.63) is 36.2 Å². The third-order valence-electron chi connectivity index (χ3n) is 3.17.